The molecule has 0 spiro atoms. The molecule has 1 heterocycles. The molecule has 0 amide bonds. The van der Waals surface area contributed by atoms with Crippen LogP contribution >= 0.6 is 0 Å². The van der Waals surface area contributed by atoms with Gasteiger partial charge in [0.1, 0.15) is 34.0 Å². The average Bonchev–Trinajstić information content (AvgIpc) is 2.96. The molecule has 0 fully saturated rings. The molecule has 3 rings (SSSR count). The summed E-state index contributed by atoms with van der Waals surface area (Å²) in [5, 5.41) is 19.0. The SMILES string of the molecule is CCCOc1ccc(-n2nc3ccc(OCC)cc3n2)c(O)c1. The number of hydrogen-bond donors (Lipinski definition) is 1. The van der Waals surface area contributed by atoms with Crippen molar-refractivity contribution in [1.29, 1.82) is 0 Å². The summed E-state index contributed by atoms with van der Waals surface area (Å²) in [5.41, 5.74) is 1.95. The number of fused-ring (bicyclic) bond motifs is 1. The molecule has 2 aromatic carbocycles. The summed E-state index contributed by atoms with van der Waals surface area (Å²) in [6.07, 6.45) is 0.913. The number of nitrogens with zero attached hydrogens (tertiary/aromatic N) is 3. The van der Waals surface area contributed by atoms with Gasteiger partial charge in [0.15, 0.2) is 0 Å². The van der Waals surface area contributed by atoms with Gasteiger partial charge in [-0.05, 0) is 37.6 Å². The van der Waals surface area contributed by atoms with Crippen LogP contribution in [0.3, 0.4) is 0 Å². The molecular weight excluding hydrogens is 294 g/mol. The van der Waals surface area contributed by atoms with Crippen molar-refractivity contribution in [3.05, 3.63) is 36.4 Å². The van der Waals surface area contributed by atoms with Crippen molar-refractivity contribution >= 4 is 11.0 Å². The molecule has 0 aliphatic heterocycles. The summed E-state index contributed by atoms with van der Waals surface area (Å²) in [6.45, 7) is 5.17. The monoisotopic (exact) mass is 313 g/mol. The van der Waals surface area contributed by atoms with Crippen LogP contribution in [-0.2, 0) is 0 Å². The van der Waals surface area contributed by atoms with E-state index in [-0.39, 0.29) is 5.75 Å². The third-order valence-corrected chi connectivity index (χ3v) is 3.30. The molecular formula is C17H19N3O3. The molecule has 0 aliphatic rings. The van der Waals surface area contributed by atoms with E-state index in [1.165, 1.54) is 4.80 Å². The molecule has 23 heavy (non-hydrogen) atoms. The van der Waals surface area contributed by atoms with E-state index in [1.807, 2.05) is 32.0 Å². The summed E-state index contributed by atoms with van der Waals surface area (Å²) in [4.78, 5) is 1.42. The standard InChI is InChI=1S/C17H19N3O3/c1-3-9-23-13-6-8-16(17(21)11-13)20-18-14-7-5-12(22-4-2)10-15(14)19-20/h5-8,10-11,21H,3-4,9H2,1-2H3. The van der Waals surface area contributed by atoms with Gasteiger partial charge in [-0.2, -0.15) is 0 Å². The Kier molecular flexibility index (Phi) is 4.32. The molecule has 1 aromatic heterocycles. The van der Waals surface area contributed by atoms with Gasteiger partial charge in [-0.3, -0.25) is 0 Å². The Morgan fingerprint density at radius 2 is 1.70 bits per heavy atom. The highest BCUT2D eigenvalue weighted by Crippen LogP contribution is 2.27. The first-order valence-corrected chi connectivity index (χ1v) is 7.67. The maximum absolute atomic E-state index is 10.2. The lowest BCUT2D eigenvalue weighted by Gasteiger charge is -2.07. The van der Waals surface area contributed by atoms with Crippen molar-refractivity contribution in [2.45, 2.75) is 20.3 Å². The summed E-state index contributed by atoms with van der Waals surface area (Å²) in [7, 11) is 0. The second kappa shape index (κ2) is 6.56. The summed E-state index contributed by atoms with van der Waals surface area (Å²) >= 11 is 0. The number of benzene rings is 2. The molecule has 0 aliphatic carbocycles. The summed E-state index contributed by atoms with van der Waals surface area (Å²) < 4.78 is 11.0. The van der Waals surface area contributed by atoms with Crippen LogP contribution in [0.15, 0.2) is 36.4 Å². The number of ether oxygens (including phenoxy) is 2. The lowest BCUT2D eigenvalue weighted by molar-refractivity contribution is 0.315. The van der Waals surface area contributed by atoms with Gasteiger partial charge in [-0.25, -0.2) is 0 Å². The van der Waals surface area contributed by atoms with Gasteiger partial charge < -0.3 is 14.6 Å². The van der Waals surface area contributed by atoms with Gasteiger partial charge in [0, 0.05) is 12.1 Å². The number of rotatable bonds is 6. The Morgan fingerprint density at radius 1 is 0.957 bits per heavy atom. The lowest BCUT2D eigenvalue weighted by Crippen LogP contribution is -2.00. The number of aromatic hydroxyl groups is 1. The molecule has 3 aromatic rings. The predicted octanol–water partition coefficient (Wildman–Crippen LogP) is 3.31. The third kappa shape index (κ3) is 3.21. The topological polar surface area (TPSA) is 69.4 Å². The van der Waals surface area contributed by atoms with Crippen LogP contribution in [0.25, 0.3) is 16.7 Å². The molecule has 6 heteroatoms. The van der Waals surface area contributed by atoms with Crippen LogP contribution in [0.4, 0.5) is 0 Å². The van der Waals surface area contributed by atoms with E-state index < -0.39 is 0 Å². The molecule has 0 unspecified atom stereocenters. The van der Waals surface area contributed by atoms with Crippen molar-refractivity contribution in [1.82, 2.24) is 15.0 Å². The van der Waals surface area contributed by atoms with Gasteiger partial charge in [-0.1, -0.05) is 6.92 Å². The Bertz CT molecular complexity index is 814. The first-order valence-electron chi connectivity index (χ1n) is 7.67. The molecule has 120 valence electrons. The van der Waals surface area contributed by atoms with Crippen molar-refractivity contribution < 1.29 is 14.6 Å². The Hall–Kier alpha value is -2.76. The van der Waals surface area contributed by atoms with Gasteiger partial charge in [0.05, 0.1) is 13.2 Å². The van der Waals surface area contributed by atoms with E-state index in [0.717, 1.165) is 17.7 Å². The second-order valence-corrected chi connectivity index (χ2v) is 5.07. The fraction of sp³-hybridized carbons (Fsp3) is 0.294. The van der Waals surface area contributed by atoms with E-state index in [1.54, 1.807) is 18.2 Å². The smallest absolute Gasteiger partial charge is 0.146 e. The number of phenols is 1. The van der Waals surface area contributed by atoms with Gasteiger partial charge >= 0.3 is 0 Å². The lowest BCUT2D eigenvalue weighted by atomic mass is 10.3. The quantitative estimate of drug-likeness (QED) is 0.756. The minimum Gasteiger partial charge on any atom is -0.505 e. The van der Waals surface area contributed by atoms with Gasteiger partial charge in [0.25, 0.3) is 0 Å². The number of aromatic nitrogens is 3. The molecule has 6 nitrogen and oxygen atoms in total. The zero-order valence-electron chi connectivity index (χ0n) is 13.2. The number of hydrogen-bond acceptors (Lipinski definition) is 5. The second-order valence-electron chi connectivity index (χ2n) is 5.07. The van der Waals surface area contributed by atoms with Crippen molar-refractivity contribution in [2.75, 3.05) is 13.2 Å². The Balaban J connectivity index is 1.93. The van der Waals surface area contributed by atoms with Crippen molar-refractivity contribution in [2.24, 2.45) is 0 Å². The molecule has 1 N–H and O–H groups in total. The van der Waals surface area contributed by atoms with Crippen LogP contribution < -0.4 is 9.47 Å². The highest BCUT2D eigenvalue weighted by atomic mass is 16.5. The first-order chi connectivity index (χ1) is 11.2. The Labute approximate surface area is 134 Å². The maximum Gasteiger partial charge on any atom is 0.146 e. The highest BCUT2D eigenvalue weighted by molar-refractivity contribution is 5.75. The minimum absolute atomic E-state index is 0.0731. The average molecular weight is 313 g/mol. The van der Waals surface area contributed by atoms with E-state index in [0.29, 0.717) is 30.2 Å². The minimum atomic E-state index is 0.0731. The van der Waals surface area contributed by atoms with Gasteiger partial charge in [0.2, 0.25) is 0 Å². The zero-order chi connectivity index (χ0) is 16.2. The summed E-state index contributed by atoms with van der Waals surface area (Å²) in [5.74, 6) is 1.45. The molecule has 0 saturated heterocycles. The molecule has 0 atom stereocenters. The van der Waals surface area contributed by atoms with E-state index in [2.05, 4.69) is 10.2 Å². The Morgan fingerprint density at radius 3 is 2.43 bits per heavy atom. The summed E-state index contributed by atoms with van der Waals surface area (Å²) in [6, 6.07) is 10.6. The van der Waals surface area contributed by atoms with Crippen LogP contribution in [0.1, 0.15) is 20.3 Å². The van der Waals surface area contributed by atoms with Crippen molar-refractivity contribution in [3.8, 4) is 22.9 Å². The maximum atomic E-state index is 10.2. The first kappa shape index (κ1) is 15.1. The van der Waals surface area contributed by atoms with Crippen LogP contribution in [-0.4, -0.2) is 33.3 Å². The molecule has 0 saturated carbocycles. The van der Waals surface area contributed by atoms with E-state index in [4.69, 9.17) is 9.47 Å². The van der Waals surface area contributed by atoms with E-state index >= 15 is 0 Å². The van der Waals surface area contributed by atoms with Crippen LogP contribution in [0.5, 0.6) is 17.2 Å². The fourth-order valence-corrected chi connectivity index (χ4v) is 2.24. The van der Waals surface area contributed by atoms with Crippen molar-refractivity contribution in [3.63, 3.8) is 0 Å². The normalized spacial score (nSPS) is 10.9. The largest absolute Gasteiger partial charge is 0.505 e. The molecule has 0 radical (unpaired) electrons. The molecule has 0 bridgehead atoms. The van der Waals surface area contributed by atoms with Gasteiger partial charge in [-0.15, -0.1) is 15.0 Å². The zero-order valence-corrected chi connectivity index (χ0v) is 13.2. The van der Waals surface area contributed by atoms with Crippen LogP contribution in [0, 0.1) is 0 Å². The fourth-order valence-electron chi connectivity index (χ4n) is 2.24. The van der Waals surface area contributed by atoms with Crippen LogP contribution in [0.2, 0.25) is 0 Å². The highest BCUT2D eigenvalue weighted by Gasteiger charge is 2.10. The number of phenolic OH excluding ortho intramolecular Hbond substituents is 1. The van der Waals surface area contributed by atoms with E-state index in [9.17, 15) is 5.11 Å². The predicted molar refractivity (Wildman–Crippen MR) is 87.5 cm³/mol. The third-order valence-electron chi connectivity index (χ3n) is 3.30.